The highest BCUT2D eigenvalue weighted by molar-refractivity contribution is 9.14. The molecule has 84 valence electrons. The molecule has 0 saturated heterocycles. The summed E-state index contributed by atoms with van der Waals surface area (Å²) < 4.78 is 7.36. The highest BCUT2D eigenvalue weighted by atomic mass is 79.9. The zero-order valence-electron chi connectivity index (χ0n) is 7.75. The lowest BCUT2D eigenvalue weighted by molar-refractivity contribution is -0.136. The van der Waals surface area contributed by atoms with E-state index < -0.39 is 0 Å². The van der Waals surface area contributed by atoms with Crippen molar-refractivity contribution in [3.05, 3.63) is 37.7 Å². The molecular weight excluding hydrogens is 424 g/mol. The van der Waals surface area contributed by atoms with Gasteiger partial charge in [-0.3, -0.25) is 0 Å². The van der Waals surface area contributed by atoms with Gasteiger partial charge in [0.05, 0.1) is 4.48 Å². The van der Waals surface area contributed by atoms with Crippen molar-refractivity contribution < 1.29 is 9.53 Å². The third-order valence-electron chi connectivity index (χ3n) is 1.88. The van der Waals surface area contributed by atoms with Crippen molar-refractivity contribution in [2.24, 2.45) is 0 Å². The number of carbonyl (C=O) groups excluding carboxylic acids is 1. The molecule has 1 aromatic rings. The number of hydrogen-bond donors (Lipinski definition) is 0. The van der Waals surface area contributed by atoms with Crippen LogP contribution in [0.4, 0.5) is 0 Å². The molecule has 0 amide bonds. The van der Waals surface area contributed by atoms with Gasteiger partial charge in [0, 0.05) is 9.37 Å². The fraction of sp³-hybridized carbons (Fsp3) is 0.100. The van der Waals surface area contributed by atoms with Gasteiger partial charge in [-0.15, -0.1) is 0 Å². The van der Waals surface area contributed by atoms with Crippen LogP contribution in [0.25, 0.3) is 0 Å². The van der Waals surface area contributed by atoms with Gasteiger partial charge in [0.25, 0.3) is 0 Å². The number of esters is 1. The first-order valence-electron chi connectivity index (χ1n) is 4.27. The Morgan fingerprint density at radius 2 is 1.88 bits per heavy atom. The third-order valence-corrected chi connectivity index (χ3v) is 6.39. The summed E-state index contributed by atoms with van der Waals surface area (Å²) in [5.74, 6) is -0.337. The molecule has 0 N–H and O–H groups in total. The Morgan fingerprint density at radius 3 is 2.44 bits per heavy atom. The number of thioether (sulfide) groups is 1. The van der Waals surface area contributed by atoms with E-state index >= 15 is 0 Å². The predicted molar refractivity (Wildman–Crippen MR) is 74.8 cm³/mol. The van der Waals surface area contributed by atoms with E-state index in [0.29, 0.717) is 4.48 Å². The van der Waals surface area contributed by atoms with E-state index in [9.17, 15) is 4.79 Å². The number of rotatable bonds is 2. The predicted octanol–water partition coefficient (Wildman–Crippen LogP) is 4.43. The monoisotopic (exact) mass is 426 g/mol. The Bertz CT molecular complexity index is 473. The first-order chi connectivity index (χ1) is 7.59. The van der Waals surface area contributed by atoms with E-state index in [4.69, 9.17) is 4.74 Å². The molecule has 1 aromatic carbocycles. The van der Waals surface area contributed by atoms with Crippen LogP contribution in [0.15, 0.2) is 42.6 Å². The van der Waals surface area contributed by atoms with Gasteiger partial charge >= 0.3 is 5.97 Å². The minimum atomic E-state index is -0.337. The van der Waals surface area contributed by atoms with Crippen molar-refractivity contribution in [3.8, 4) is 0 Å². The van der Waals surface area contributed by atoms with E-state index in [0.717, 1.165) is 13.9 Å². The number of ether oxygens (including phenoxy) is 1. The van der Waals surface area contributed by atoms with Gasteiger partial charge in [-0.05, 0) is 59.9 Å². The Hall–Kier alpha value is 0.220. The Morgan fingerprint density at radius 1 is 1.19 bits per heavy atom. The fourth-order valence-corrected chi connectivity index (χ4v) is 3.61. The molecule has 0 aromatic heterocycles. The fourth-order valence-electron chi connectivity index (χ4n) is 1.13. The highest BCUT2D eigenvalue weighted by Crippen LogP contribution is 2.42. The maximum absolute atomic E-state index is 11.3. The van der Waals surface area contributed by atoms with Crippen LogP contribution in [-0.2, 0) is 9.53 Å². The van der Waals surface area contributed by atoms with Crippen molar-refractivity contribution in [1.29, 1.82) is 0 Å². The Balaban J connectivity index is 2.19. The lowest BCUT2D eigenvalue weighted by Crippen LogP contribution is -2.04. The van der Waals surface area contributed by atoms with E-state index in [-0.39, 0.29) is 11.4 Å². The maximum Gasteiger partial charge on any atom is 0.347 e. The van der Waals surface area contributed by atoms with E-state index in [2.05, 4.69) is 47.8 Å². The van der Waals surface area contributed by atoms with Gasteiger partial charge in [0.15, 0.2) is 5.44 Å². The number of halogens is 3. The molecule has 0 radical (unpaired) electrons. The van der Waals surface area contributed by atoms with Crippen LogP contribution < -0.4 is 0 Å². The average Bonchev–Trinajstić information content (AvgIpc) is 2.50. The molecule has 1 aliphatic heterocycles. The van der Waals surface area contributed by atoms with Gasteiger partial charge in [-0.2, -0.15) is 0 Å². The minimum Gasteiger partial charge on any atom is -0.441 e. The summed E-state index contributed by atoms with van der Waals surface area (Å²) in [6.07, 6.45) is 0. The molecule has 1 aliphatic rings. The second kappa shape index (κ2) is 5.25. The van der Waals surface area contributed by atoms with Gasteiger partial charge < -0.3 is 4.74 Å². The van der Waals surface area contributed by atoms with E-state index in [1.54, 1.807) is 0 Å². The second-order valence-electron chi connectivity index (χ2n) is 2.95. The standard InChI is InChI=1S/C10H5Br3O2S/c11-5-3-1-2-4-6(5)16-10-8(13)7(12)9(14)15-10/h1-4,10H. The maximum atomic E-state index is 11.3. The highest BCUT2D eigenvalue weighted by Gasteiger charge is 2.32. The van der Waals surface area contributed by atoms with Gasteiger partial charge in [0.1, 0.15) is 4.48 Å². The largest absolute Gasteiger partial charge is 0.441 e. The molecule has 1 heterocycles. The Kier molecular flexibility index (Phi) is 4.15. The summed E-state index contributed by atoms with van der Waals surface area (Å²) in [5.41, 5.74) is -0.319. The summed E-state index contributed by atoms with van der Waals surface area (Å²) in [4.78, 5) is 12.3. The number of hydrogen-bond acceptors (Lipinski definition) is 3. The summed E-state index contributed by atoms with van der Waals surface area (Å²) in [6, 6.07) is 7.80. The van der Waals surface area contributed by atoms with Crippen LogP contribution in [0, 0.1) is 0 Å². The molecule has 0 saturated carbocycles. The quantitative estimate of drug-likeness (QED) is 0.652. The first kappa shape index (κ1) is 12.7. The summed E-state index contributed by atoms with van der Waals surface area (Å²) in [7, 11) is 0. The topological polar surface area (TPSA) is 26.3 Å². The van der Waals surface area contributed by atoms with Crippen LogP contribution in [0.5, 0.6) is 0 Å². The molecule has 2 nitrogen and oxygen atoms in total. The minimum absolute atomic E-state index is 0.319. The summed E-state index contributed by atoms with van der Waals surface area (Å²) in [6.45, 7) is 0. The van der Waals surface area contributed by atoms with Crippen LogP contribution in [0.1, 0.15) is 0 Å². The molecule has 0 spiro atoms. The second-order valence-corrected chi connectivity index (χ2v) is 6.55. The van der Waals surface area contributed by atoms with E-state index in [1.165, 1.54) is 11.8 Å². The lowest BCUT2D eigenvalue weighted by Gasteiger charge is -2.10. The molecule has 6 heteroatoms. The average molecular weight is 429 g/mol. The van der Waals surface area contributed by atoms with Crippen molar-refractivity contribution in [2.45, 2.75) is 10.3 Å². The molecule has 0 bridgehead atoms. The van der Waals surface area contributed by atoms with E-state index in [1.807, 2.05) is 24.3 Å². The molecule has 2 rings (SSSR count). The van der Waals surface area contributed by atoms with Gasteiger partial charge in [-0.25, -0.2) is 4.79 Å². The number of carbonyl (C=O) groups is 1. The van der Waals surface area contributed by atoms with Crippen molar-refractivity contribution in [3.63, 3.8) is 0 Å². The summed E-state index contributed by atoms with van der Waals surface area (Å²) >= 11 is 11.4. The molecule has 0 fully saturated rings. The molecule has 16 heavy (non-hydrogen) atoms. The Labute approximate surface area is 122 Å². The van der Waals surface area contributed by atoms with Crippen LogP contribution in [0.2, 0.25) is 0 Å². The molecule has 1 atom stereocenters. The molecule has 1 unspecified atom stereocenters. The SMILES string of the molecule is O=C1OC(Sc2ccccc2Br)C(Br)=C1Br. The van der Waals surface area contributed by atoms with Gasteiger partial charge in [0.2, 0.25) is 0 Å². The normalized spacial score (nSPS) is 20.2. The van der Waals surface area contributed by atoms with Crippen molar-refractivity contribution in [1.82, 2.24) is 0 Å². The molecule has 0 aliphatic carbocycles. The molecular formula is C10H5Br3O2S. The number of cyclic esters (lactones) is 1. The van der Waals surface area contributed by atoms with Crippen LogP contribution >= 0.6 is 59.6 Å². The third kappa shape index (κ3) is 2.55. The van der Waals surface area contributed by atoms with Crippen LogP contribution in [-0.4, -0.2) is 11.4 Å². The van der Waals surface area contributed by atoms with Gasteiger partial charge in [-0.1, -0.05) is 23.9 Å². The number of benzene rings is 1. The zero-order valence-corrected chi connectivity index (χ0v) is 13.3. The van der Waals surface area contributed by atoms with Crippen molar-refractivity contribution >= 4 is 65.5 Å². The lowest BCUT2D eigenvalue weighted by atomic mass is 10.4. The zero-order chi connectivity index (χ0) is 11.7. The van der Waals surface area contributed by atoms with Crippen LogP contribution in [0.3, 0.4) is 0 Å². The smallest absolute Gasteiger partial charge is 0.347 e. The first-order valence-corrected chi connectivity index (χ1v) is 7.53. The van der Waals surface area contributed by atoms with Crippen molar-refractivity contribution in [2.75, 3.05) is 0 Å². The summed E-state index contributed by atoms with van der Waals surface area (Å²) in [5, 5.41) is 0.